The van der Waals surface area contributed by atoms with Crippen LogP contribution in [0.25, 0.3) is 5.65 Å². The number of fused-ring (bicyclic) bond motifs is 1. The summed E-state index contributed by atoms with van der Waals surface area (Å²) < 4.78 is 8.41. The van der Waals surface area contributed by atoms with Gasteiger partial charge in [-0.3, -0.25) is 9.30 Å². The normalized spacial score (nSPS) is 17.7. The minimum atomic E-state index is 0.844. The number of imidazole rings is 1. The van der Waals surface area contributed by atoms with Crippen molar-refractivity contribution in [2.45, 2.75) is 6.54 Å². The van der Waals surface area contributed by atoms with E-state index in [-0.39, 0.29) is 0 Å². The lowest BCUT2D eigenvalue weighted by Crippen LogP contribution is -2.35. The van der Waals surface area contributed by atoms with E-state index >= 15 is 0 Å². The average Bonchev–Trinajstić information content (AvgIpc) is 2.73. The highest BCUT2D eigenvalue weighted by atomic mass is 79.9. The fourth-order valence-corrected chi connectivity index (χ4v) is 2.49. The van der Waals surface area contributed by atoms with Gasteiger partial charge in [0.05, 0.1) is 19.4 Å². The molecule has 0 saturated carbocycles. The largest absolute Gasteiger partial charge is 0.379 e. The maximum Gasteiger partial charge on any atom is 0.137 e. The predicted molar refractivity (Wildman–Crippen MR) is 69.0 cm³/mol. The topological polar surface area (TPSA) is 29.8 Å². The monoisotopic (exact) mass is 295 g/mol. The highest BCUT2D eigenvalue weighted by Gasteiger charge is 2.11. The van der Waals surface area contributed by atoms with Crippen LogP contribution >= 0.6 is 15.9 Å². The SMILES string of the molecule is Brc1cnc2ccc(CN3CCOCC3)cn12. The Morgan fingerprint density at radius 1 is 1.29 bits per heavy atom. The molecule has 3 rings (SSSR count). The third-order valence-corrected chi connectivity index (χ3v) is 3.62. The van der Waals surface area contributed by atoms with Crippen LogP contribution in [0.2, 0.25) is 0 Å². The van der Waals surface area contributed by atoms with Crippen molar-refractivity contribution >= 4 is 21.6 Å². The van der Waals surface area contributed by atoms with E-state index in [2.05, 4.69) is 48.5 Å². The first kappa shape index (κ1) is 11.2. The summed E-state index contributed by atoms with van der Waals surface area (Å²) in [5.74, 6) is 0. The molecule has 0 bridgehead atoms. The minimum Gasteiger partial charge on any atom is -0.379 e. The third-order valence-electron chi connectivity index (χ3n) is 3.03. The molecule has 0 spiro atoms. The molecule has 90 valence electrons. The Bertz CT molecular complexity index is 519. The van der Waals surface area contributed by atoms with Gasteiger partial charge in [-0.25, -0.2) is 4.98 Å². The van der Waals surface area contributed by atoms with Crippen LogP contribution in [0.3, 0.4) is 0 Å². The lowest BCUT2D eigenvalue weighted by atomic mass is 10.2. The lowest BCUT2D eigenvalue weighted by molar-refractivity contribution is 0.0341. The van der Waals surface area contributed by atoms with E-state index in [1.807, 2.05) is 6.20 Å². The fraction of sp³-hybridized carbons (Fsp3) is 0.417. The molecule has 0 N–H and O–H groups in total. The van der Waals surface area contributed by atoms with Crippen LogP contribution in [0.4, 0.5) is 0 Å². The van der Waals surface area contributed by atoms with Crippen molar-refractivity contribution in [2.24, 2.45) is 0 Å². The molecule has 0 aromatic carbocycles. The number of hydrogen-bond acceptors (Lipinski definition) is 3. The Balaban J connectivity index is 1.82. The second kappa shape index (κ2) is 4.76. The molecule has 3 heterocycles. The van der Waals surface area contributed by atoms with E-state index in [1.165, 1.54) is 5.56 Å². The molecule has 0 aliphatic carbocycles. The molecule has 1 aliphatic rings. The Morgan fingerprint density at radius 3 is 2.94 bits per heavy atom. The molecule has 2 aromatic heterocycles. The van der Waals surface area contributed by atoms with Gasteiger partial charge in [0, 0.05) is 25.8 Å². The highest BCUT2D eigenvalue weighted by molar-refractivity contribution is 9.10. The number of hydrogen-bond donors (Lipinski definition) is 0. The van der Waals surface area contributed by atoms with Gasteiger partial charge in [0.1, 0.15) is 10.3 Å². The Labute approximate surface area is 108 Å². The van der Waals surface area contributed by atoms with Crippen molar-refractivity contribution in [1.82, 2.24) is 14.3 Å². The van der Waals surface area contributed by atoms with Gasteiger partial charge in [0.2, 0.25) is 0 Å². The van der Waals surface area contributed by atoms with E-state index in [1.54, 1.807) is 0 Å². The van der Waals surface area contributed by atoms with Crippen molar-refractivity contribution in [1.29, 1.82) is 0 Å². The van der Waals surface area contributed by atoms with E-state index < -0.39 is 0 Å². The standard InChI is InChI=1S/C12H14BrN3O/c13-11-7-14-12-2-1-10(9-16(11)12)8-15-3-5-17-6-4-15/h1-2,7,9H,3-6,8H2. The van der Waals surface area contributed by atoms with E-state index in [0.29, 0.717) is 0 Å². The van der Waals surface area contributed by atoms with Crippen LogP contribution in [0.1, 0.15) is 5.56 Å². The van der Waals surface area contributed by atoms with Gasteiger partial charge < -0.3 is 4.74 Å². The quantitative estimate of drug-likeness (QED) is 0.848. The summed E-state index contributed by atoms with van der Waals surface area (Å²) >= 11 is 3.49. The number of halogens is 1. The van der Waals surface area contributed by atoms with Gasteiger partial charge in [-0.15, -0.1) is 0 Å². The molecule has 17 heavy (non-hydrogen) atoms. The molecule has 5 heteroatoms. The van der Waals surface area contributed by atoms with Crippen LogP contribution in [-0.4, -0.2) is 40.6 Å². The van der Waals surface area contributed by atoms with E-state index in [4.69, 9.17) is 4.74 Å². The smallest absolute Gasteiger partial charge is 0.137 e. The minimum absolute atomic E-state index is 0.844. The van der Waals surface area contributed by atoms with Gasteiger partial charge in [0.15, 0.2) is 0 Å². The highest BCUT2D eigenvalue weighted by Crippen LogP contribution is 2.15. The van der Waals surface area contributed by atoms with Gasteiger partial charge in [-0.2, -0.15) is 0 Å². The maximum atomic E-state index is 5.35. The summed E-state index contributed by atoms with van der Waals surface area (Å²) in [4.78, 5) is 6.70. The van der Waals surface area contributed by atoms with Gasteiger partial charge in [-0.1, -0.05) is 6.07 Å². The molecule has 0 atom stereocenters. The summed E-state index contributed by atoms with van der Waals surface area (Å²) in [5, 5.41) is 0. The molecular weight excluding hydrogens is 282 g/mol. The molecule has 4 nitrogen and oxygen atoms in total. The van der Waals surface area contributed by atoms with Crippen molar-refractivity contribution in [2.75, 3.05) is 26.3 Å². The molecule has 0 radical (unpaired) electrons. The molecule has 0 unspecified atom stereocenters. The zero-order valence-electron chi connectivity index (χ0n) is 9.47. The van der Waals surface area contributed by atoms with Crippen molar-refractivity contribution < 1.29 is 4.74 Å². The van der Waals surface area contributed by atoms with Crippen LogP contribution < -0.4 is 0 Å². The van der Waals surface area contributed by atoms with Crippen LogP contribution in [0.15, 0.2) is 29.1 Å². The second-order valence-corrected chi connectivity index (χ2v) is 5.05. The van der Waals surface area contributed by atoms with Crippen LogP contribution in [-0.2, 0) is 11.3 Å². The number of rotatable bonds is 2. The number of morpholine rings is 1. The summed E-state index contributed by atoms with van der Waals surface area (Å²) in [6.45, 7) is 4.70. The Morgan fingerprint density at radius 2 is 2.12 bits per heavy atom. The average molecular weight is 296 g/mol. The predicted octanol–water partition coefficient (Wildman–Crippen LogP) is 1.93. The zero-order chi connectivity index (χ0) is 11.7. The molecule has 0 amide bonds. The third kappa shape index (κ3) is 2.36. The van der Waals surface area contributed by atoms with Crippen LogP contribution in [0, 0.1) is 0 Å². The van der Waals surface area contributed by atoms with Crippen LogP contribution in [0.5, 0.6) is 0 Å². The zero-order valence-corrected chi connectivity index (χ0v) is 11.1. The number of aromatic nitrogens is 2. The number of pyridine rings is 1. The van der Waals surface area contributed by atoms with E-state index in [0.717, 1.165) is 43.1 Å². The number of nitrogens with zero attached hydrogens (tertiary/aromatic N) is 3. The molecule has 1 fully saturated rings. The lowest BCUT2D eigenvalue weighted by Gasteiger charge is -2.26. The first-order valence-electron chi connectivity index (χ1n) is 5.74. The molecule has 1 saturated heterocycles. The Hall–Kier alpha value is -0.910. The molecular formula is C12H14BrN3O. The van der Waals surface area contributed by atoms with Crippen molar-refractivity contribution in [3.8, 4) is 0 Å². The summed E-state index contributed by atoms with van der Waals surface area (Å²) in [6, 6.07) is 4.20. The first-order chi connectivity index (χ1) is 8.33. The first-order valence-corrected chi connectivity index (χ1v) is 6.54. The van der Waals surface area contributed by atoms with Gasteiger partial charge in [-0.05, 0) is 27.6 Å². The van der Waals surface area contributed by atoms with Crippen molar-refractivity contribution in [3.05, 3.63) is 34.7 Å². The van der Waals surface area contributed by atoms with Gasteiger partial charge in [0.25, 0.3) is 0 Å². The van der Waals surface area contributed by atoms with Gasteiger partial charge >= 0.3 is 0 Å². The summed E-state index contributed by atoms with van der Waals surface area (Å²) in [5.41, 5.74) is 2.28. The number of ether oxygens (including phenoxy) is 1. The second-order valence-electron chi connectivity index (χ2n) is 4.23. The Kier molecular flexibility index (Phi) is 3.13. The molecule has 2 aromatic rings. The van der Waals surface area contributed by atoms with Crippen molar-refractivity contribution in [3.63, 3.8) is 0 Å². The summed E-state index contributed by atoms with van der Waals surface area (Å²) in [7, 11) is 0. The molecule has 1 aliphatic heterocycles. The van der Waals surface area contributed by atoms with E-state index in [9.17, 15) is 0 Å². The summed E-state index contributed by atoms with van der Waals surface area (Å²) in [6.07, 6.45) is 3.97. The maximum absolute atomic E-state index is 5.35. The fourth-order valence-electron chi connectivity index (χ4n) is 2.11.